The van der Waals surface area contributed by atoms with Crippen LogP contribution in [0.4, 0.5) is 0 Å². The second kappa shape index (κ2) is 6.06. The third-order valence-electron chi connectivity index (χ3n) is 3.68. The van der Waals surface area contributed by atoms with Crippen molar-refractivity contribution in [3.63, 3.8) is 0 Å². The maximum Gasteiger partial charge on any atom is 0.255 e. The van der Waals surface area contributed by atoms with Gasteiger partial charge in [0.1, 0.15) is 5.75 Å². The predicted octanol–water partition coefficient (Wildman–Crippen LogP) is 1.87. The van der Waals surface area contributed by atoms with Gasteiger partial charge in [0, 0.05) is 12.1 Å². The van der Waals surface area contributed by atoms with Crippen LogP contribution in [0.25, 0.3) is 0 Å². The third-order valence-corrected chi connectivity index (χ3v) is 3.68. The zero-order chi connectivity index (χ0) is 13.8. The number of piperidine rings is 1. The van der Waals surface area contributed by atoms with Crippen LogP contribution in [0.15, 0.2) is 18.2 Å². The summed E-state index contributed by atoms with van der Waals surface area (Å²) in [6.45, 7) is 5.11. The minimum atomic E-state index is -0.0545. The van der Waals surface area contributed by atoms with E-state index in [0.717, 1.165) is 24.9 Å². The molecule has 1 aromatic carbocycles. The number of amides is 1. The Balaban J connectivity index is 2.13. The summed E-state index contributed by atoms with van der Waals surface area (Å²) in [5.41, 5.74) is 1.67. The maximum absolute atomic E-state index is 12.4. The van der Waals surface area contributed by atoms with E-state index in [1.807, 2.05) is 25.1 Å². The zero-order valence-corrected chi connectivity index (χ0v) is 11.8. The third kappa shape index (κ3) is 3.26. The molecular formula is C15H22N2O2. The van der Waals surface area contributed by atoms with Crippen LogP contribution in [0, 0.1) is 6.92 Å². The number of benzene rings is 1. The molecule has 0 spiro atoms. The number of nitrogens with one attached hydrogen (secondary N) is 2. The fourth-order valence-electron chi connectivity index (χ4n) is 2.49. The summed E-state index contributed by atoms with van der Waals surface area (Å²) < 4.78 is 5.26. The van der Waals surface area contributed by atoms with Gasteiger partial charge in [0.05, 0.1) is 12.7 Å². The van der Waals surface area contributed by atoms with E-state index in [4.69, 9.17) is 4.74 Å². The Morgan fingerprint density at radius 2 is 2.26 bits per heavy atom. The van der Waals surface area contributed by atoms with E-state index in [0.29, 0.717) is 17.4 Å². The molecule has 0 bridgehead atoms. The lowest BCUT2D eigenvalue weighted by Crippen LogP contribution is -2.51. The molecule has 19 heavy (non-hydrogen) atoms. The molecule has 2 N–H and O–H groups in total. The minimum Gasteiger partial charge on any atom is -0.496 e. The van der Waals surface area contributed by atoms with Gasteiger partial charge in [-0.25, -0.2) is 0 Å². The second-order valence-corrected chi connectivity index (χ2v) is 5.17. The highest BCUT2D eigenvalue weighted by Crippen LogP contribution is 2.20. The van der Waals surface area contributed by atoms with Gasteiger partial charge in [-0.1, -0.05) is 11.6 Å². The van der Waals surface area contributed by atoms with Gasteiger partial charge in [-0.15, -0.1) is 0 Å². The normalized spacial score (nSPS) is 22.9. The number of rotatable bonds is 3. The fraction of sp³-hybridized carbons (Fsp3) is 0.533. The fourth-order valence-corrected chi connectivity index (χ4v) is 2.49. The van der Waals surface area contributed by atoms with Crippen LogP contribution in [0.5, 0.6) is 5.75 Å². The van der Waals surface area contributed by atoms with Crippen molar-refractivity contribution in [2.45, 2.75) is 38.8 Å². The largest absolute Gasteiger partial charge is 0.496 e. The van der Waals surface area contributed by atoms with Gasteiger partial charge < -0.3 is 15.4 Å². The van der Waals surface area contributed by atoms with Crippen molar-refractivity contribution in [1.82, 2.24) is 10.6 Å². The molecule has 0 saturated carbocycles. The predicted molar refractivity (Wildman–Crippen MR) is 75.7 cm³/mol. The lowest BCUT2D eigenvalue weighted by Gasteiger charge is -2.30. The Hall–Kier alpha value is -1.55. The molecule has 0 radical (unpaired) electrons. The maximum atomic E-state index is 12.4. The first-order valence-corrected chi connectivity index (χ1v) is 6.80. The molecule has 1 fully saturated rings. The molecule has 1 aromatic rings. The molecular weight excluding hydrogens is 240 g/mol. The molecule has 0 aromatic heterocycles. The van der Waals surface area contributed by atoms with E-state index < -0.39 is 0 Å². The van der Waals surface area contributed by atoms with Gasteiger partial charge >= 0.3 is 0 Å². The molecule has 4 nitrogen and oxygen atoms in total. The Kier molecular flexibility index (Phi) is 4.43. The summed E-state index contributed by atoms with van der Waals surface area (Å²) in [5, 5.41) is 6.49. The highest BCUT2D eigenvalue weighted by molar-refractivity contribution is 5.97. The molecule has 104 valence electrons. The van der Waals surface area contributed by atoms with Crippen molar-refractivity contribution in [2.24, 2.45) is 0 Å². The molecule has 1 saturated heterocycles. The van der Waals surface area contributed by atoms with E-state index >= 15 is 0 Å². The molecule has 2 atom stereocenters. The Morgan fingerprint density at radius 3 is 2.95 bits per heavy atom. The van der Waals surface area contributed by atoms with Crippen molar-refractivity contribution >= 4 is 5.91 Å². The lowest BCUT2D eigenvalue weighted by molar-refractivity contribution is 0.0916. The summed E-state index contributed by atoms with van der Waals surface area (Å²) in [6.07, 6.45) is 2.12. The summed E-state index contributed by atoms with van der Waals surface area (Å²) in [4.78, 5) is 12.4. The molecule has 2 unspecified atom stereocenters. The average Bonchev–Trinajstić information content (AvgIpc) is 2.41. The van der Waals surface area contributed by atoms with E-state index in [9.17, 15) is 4.79 Å². The SMILES string of the molecule is COc1ccc(C)cc1C(=O)NC1CCCNC1C. The number of aryl methyl sites for hydroxylation is 1. The van der Waals surface area contributed by atoms with Crippen molar-refractivity contribution in [3.05, 3.63) is 29.3 Å². The van der Waals surface area contributed by atoms with Gasteiger partial charge in [-0.05, 0) is 45.4 Å². The number of hydrogen-bond acceptors (Lipinski definition) is 3. The monoisotopic (exact) mass is 262 g/mol. The number of hydrogen-bond donors (Lipinski definition) is 2. The van der Waals surface area contributed by atoms with Crippen LogP contribution in [0.3, 0.4) is 0 Å². The van der Waals surface area contributed by atoms with Gasteiger partial charge in [0.25, 0.3) is 5.91 Å². The van der Waals surface area contributed by atoms with Gasteiger partial charge in [0.15, 0.2) is 0 Å². The first kappa shape index (κ1) is 13.9. The van der Waals surface area contributed by atoms with Crippen molar-refractivity contribution in [2.75, 3.05) is 13.7 Å². The van der Waals surface area contributed by atoms with Gasteiger partial charge in [-0.2, -0.15) is 0 Å². The first-order valence-electron chi connectivity index (χ1n) is 6.80. The van der Waals surface area contributed by atoms with E-state index in [1.165, 1.54) is 0 Å². The molecule has 1 aliphatic heterocycles. The molecule has 4 heteroatoms. The van der Waals surface area contributed by atoms with Crippen LogP contribution in [-0.2, 0) is 0 Å². The number of methoxy groups -OCH3 is 1. The van der Waals surface area contributed by atoms with Crippen LogP contribution in [0.1, 0.15) is 35.7 Å². The minimum absolute atomic E-state index is 0.0545. The summed E-state index contributed by atoms with van der Waals surface area (Å²) in [5.74, 6) is 0.570. The van der Waals surface area contributed by atoms with E-state index in [2.05, 4.69) is 17.6 Å². The van der Waals surface area contributed by atoms with Crippen molar-refractivity contribution in [3.8, 4) is 5.75 Å². The zero-order valence-electron chi connectivity index (χ0n) is 11.8. The van der Waals surface area contributed by atoms with Crippen molar-refractivity contribution < 1.29 is 9.53 Å². The van der Waals surface area contributed by atoms with E-state index in [1.54, 1.807) is 7.11 Å². The van der Waals surface area contributed by atoms with E-state index in [-0.39, 0.29) is 11.9 Å². The number of carbonyl (C=O) groups is 1. The topological polar surface area (TPSA) is 50.4 Å². The average molecular weight is 262 g/mol. The highest BCUT2D eigenvalue weighted by atomic mass is 16.5. The number of ether oxygens (including phenoxy) is 1. The van der Waals surface area contributed by atoms with Gasteiger partial charge in [-0.3, -0.25) is 4.79 Å². The van der Waals surface area contributed by atoms with Crippen LogP contribution in [-0.4, -0.2) is 31.6 Å². The summed E-state index contributed by atoms with van der Waals surface area (Å²) in [7, 11) is 1.59. The standard InChI is InChI=1S/C15H22N2O2/c1-10-6-7-14(19-3)12(9-10)15(18)17-13-5-4-8-16-11(13)2/h6-7,9,11,13,16H,4-5,8H2,1-3H3,(H,17,18). The number of carbonyl (C=O) groups excluding carboxylic acids is 1. The Morgan fingerprint density at radius 1 is 1.47 bits per heavy atom. The molecule has 2 rings (SSSR count). The van der Waals surface area contributed by atoms with Crippen molar-refractivity contribution in [1.29, 1.82) is 0 Å². The quantitative estimate of drug-likeness (QED) is 0.874. The Labute approximate surface area is 114 Å². The smallest absolute Gasteiger partial charge is 0.255 e. The Bertz CT molecular complexity index is 459. The summed E-state index contributed by atoms with van der Waals surface area (Å²) in [6, 6.07) is 6.16. The molecule has 1 aliphatic rings. The van der Waals surface area contributed by atoms with Crippen LogP contribution in [0.2, 0.25) is 0 Å². The highest BCUT2D eigenvalue weighted by Gasteiger charge is 2.24. The molecule has 0 aliphatic carbocycles. The summed E-state index contributed by atoms with van der Waals surface area (Å²) >= 11 is 0. The second-order valence-electron chi connectivity index (χ2n) is 5.17. The van der Waals surface area contributed by atoms with Crippen LogP contribution >= 0.6 is 0 Å². The lowest BCUT2D eigenvalue weighted by atomic mass is 9.99. The molecule has 1 amide bonds. The van der Waals surface area contributed by atoms with Crippen LogP contribution < -0.4 is 15.4 Å². The van der Waals surface area contributed by atoms with Gasteiger partial charge in [0.2, 0.25) is 0 Å². The first-order chi connectivity index (χ1) is 9.11. The molecule has 1 heterocycles.